The van der Waals surface area contributed by atoms with Crippen molar-refractivity contribution >= 4 is 0 Å². The van der Waals surface area contributed by atoms with E-state index in [1.165, 1.54) is 69.8 Å². The highest BCUT2D eigenvalue weighted by atomic mass is 16.5. The van der Waals surface area contributed by atoms with Crippen molar-refractivity contribution in [1.29, 1.82) is 0 Å². The fraction of sp³-hybridized carbons (Fsp3) is 0.739. The van der Waals surface area contributed by atoms with Gasteiger partial charge >= 0.3 is 0 Å². The van der Waals surface area contributed by atoms with Crippen molar-refractivity contribution in [1.82, 2.24) is 0 Å². The predicted octanol–water partition coefficient (Wildman–Crippen LogP) is 6.97. The Kier molecular flexibility index (Phi) is 6.63. The molecule has 1 heteroatoms. The Labute approximate surface area is 149 Å². The van der Waals surface area contributed by atoms with Gasteiger partial charge in [0.1, 0.15) is 5.75 Å². The summed E-state index contributed by atoms with van der Waals surface area (Å²) in [5.74, 6) is 4.91. The fourth-order valence-electron chi connectivity index (χ4n) is 5.28. The van der Waals surface area contributed by atoms with Crippen LogP contribution in [0, 0.1) is 17.8 Å². The number of hydrogen-bond acceptors (Lipinski definition) is 1. The molecular formula is C23H36O. The maximum absolute atomic E-state index is 5.57. The van der Waals surface area contributed by atoms with Crippen molar-refractivity contribution in [2.24, 2.45) is 17.8 Å². The van der Waals surface area contributed by atoms with E-state index in [0.717, 1.165) is 36.0 Å². The van der Waals surface area contributed by atoms with Crippen molar-refractivity contribution in [3.8, 4) is 5.75 Å². The summed E-state index contributed by atoms with van der Waals surface area (Å²) in [7, 11) is 0. The molecule has 2 aliphatic carbocycles. The van der Waals surface area contributed by atoms with E-state index in [1.54, 1.807) is 0 Å². The summed E-state index contributed by atoms with van der Waals surface area (Å²) in [6.07, 6.45) is 14.6. The molecule has 0 N–H and O–H groups in total. The van der Waals surface area contributed by atoms with E-state index in [1.807, 2.05) is 6.92 Å². The molecule has 2 saturated carbocycles. The molecule has 0 atom stereocenters. The summed E-state index contributed by atoms with van der Waals surface area (Å²) in [5, 5.41) is 0. The highest BCUT2D eigenvalue weighted by Gasteiger charge is 2.31. The van der Waals surface area contributed by atoms with Gasteiger partial charge in [0, 0.05) is 0 Å². The molecule has 1 aromatic rings. The van der Waals surface area contributed by atoms with Gasteiger partial charge in [-0.1, -0.05) is 44.7 Å². The first-order valence-electron chi connectivity index (χ1n) is 10.5. The SMILES string of the molecule is CCCC1CCC(C2CCC(c3ccc(OCC)cc3)CC2)CC1. The summed E-state index contributed by atoms with van der Waals surface area (Å²) in [4.78, 5) is 0. The molecule has 24 heavy (non-hydrogen) atoms. The van der Waals surface area contributed by atoms with Crippen LogP contribution in [0.15, 0.2) is 24.3 Å². The normalized spacial score (nSPS) is 30.9. The zero-order chi connectivity index (χ0) is 16.8. The number of rotatable bonds is 6. The van der Waals surface area contributed by atoms with Gasteiger partial charge in [-0.15, -0.1) is 0 Å². The molecule has 2 fully saturated rings. The van der Waals surface area contributed by atoms with E-state index in [9.17, 15) is 0 Å². The van der Waals surface area contributed by atoms with Gasteiger partial charge in [0.2, 0.25) is 0 Å². The first-order valence-corrected chi connectivity index (χ1v) is 10.5. The Morgan fingerprint density at radius 3 is 1.92 bits per heavy atom. The van der Waals surface area contributed by atoms with Crippen molar-refractivity contribution in [3.63, 3.8) is 0 Å². The Morgan fingerprint density at radius 2 is 1.38 bits per heavy atom. The minimum absolute atomic E-state index is 0.755. The Hall–Kier alpha value is -0.980. The average molecular weight is 329 g/mol. The topological polar surface area (TPSA) is 9.23 Å². The summed E-state index contributed by atoms with van der Waals surface area (Å²) < 4.78 is 5.57. The van der Waals surface area contributed by atoms with E-state index in [2.05, 4.69) is 31.2 Å². The van der Waals surface area contributed by atoms with Crippen molar-refractivity contribution in [3.05, 3.63) is 29.8 Å². The highest BCUT2D eigenvalue weighted by Crippen LogP contribution is 2.44. The van der Waals surface area contributed by atoms with Crippen LogP contribution in [0.25, 0.3) is 0 Å². The van der Waals surface area contributed by atoms with Gasteiger partial charge in [0.25, 0.3) is 0 Å². The van der Waals surface area contributed by atoms with E-state index in [4.69, 9.17) is 4.74 Å². The molecule has 0 unspecified atom stereocenters. The van der Waals surface area contributed by atoms with Gasteiger partial charge in [0.05, 0.1) is 6.61 Å². The van der Waals surface area contributed by atoms with E-state index in [-0.39, 0.29) is 0 Å². The van der Waals surface area contributed by atoms with Crippen molar-refractivity contribution < 1.29 is 4.74 Å². The Bertz CT molecular complexity index is 461. The van der Waals surface area contributed by atoms with Crippen LogP contribution in [0.1, 0.15) is 89.5 Å². The van der Waals surface area contributed by atoms with Gasteiger partial charge in [-0.2, -0.15) is 0 Å². The van der Waals surface area contributed by atoms with E-state index in [0.29, 0.717) is 0 Å². The first kappa shape index (κ1) is 17.8. The smallest absolute Gasteiger partial charge is 0.119 e. The second-order valence-corrected chi connectivity index (χ2v) is 8.18. The maximum atomic E-state index is 5.57. The van der Waals surface area contributed by atoms with Crippen molar-refractivity contribution in [2.75, 3.05) is 6.61 Å². The molecule has 0 heterocycles. The van der Waals surface area contributed by atoms with Gasteiger partial charge in [-0.3, -0.25) is 0 Å². The van der Waals surface area contributed by atoms with Gasteiger partial charge in [0.15, 0.2) is 0 Å². The molecule has 1 aromatic carbocycles. The third-order valence-corrected chi connectivity index (χ3v) is 6.69. The van der Waals surface area contributed by atoms with Crippen LogP contribution in [-0.4, -0.2) is 6.61 Å². The molecule has 1 nitrogen and oxygen atoms in total. The Morgan fingerprint density at radius 1 is 0.792 bits per heavy atom. The molecule has 0 aliphatic heterocycles. The number of hydrogen-bond donors (Lipinski definition) is 0. The fourth-order valence-corrected chi connectivity index (χ4v) is 5.28. The Balaban J connectivity index is 1.45. The zero-order valence-electron chi connectivity index (χ0n) is 15.8. The van der Waals surface area contributed by atoms with Crippen LogP contribution in [-0.2, 0) is 0 Å². The van der Waals surface area contributed by atoms with Crippen LogP contribution < -0.4 is 4.74 Å². The quantitative estimate of drug-likeness (QED) is 0.548. The van der Waals surface area contributed by atoms with Crippen LogP contribution in [0.5, 0.6) is 5.75 Å². The molecule has 134 valence electrons. The molecule has 0 radical (unpaired) electrons. The van der Waals surface area contributed by atoms with Crippen LogP contribution in [0.3, 0.4) is 0 Å². The summed E-state index contributed by atoms with van der Waals surface area (Å²) in [6.45, 7) is 5.14. The monoisotopic (exact) mass is 328 g/mol. The van der Waals surface area contributed by atoms with E-state index >= 15 is 0 Å². The lowest BCUT2D eigenvalue weighted by molar-refractivity contribution is 0.156. The number of ether oxygens (including phenoxy) is 1. The average Bonchev–Trinajstić information content (AvgIpc) is 2.64. The molecule has 0 amide bonds. The molecule has 0 spiro atoms. The van der Waals surface area contributed by atoms with Crippen LogP contribution in [0.2, 0.25) is 0 Å². The van der Waals surface area contributed by atoms with Gasteiger partial charge in [-0.05, 0) is 86.8 Å². The predicted molar refractivity (Wildman–Crippen MR) is 103 cm³/mol. The lowest BCUT2D eigenvalue weighted by atomic mass is 9.68. The van der Waals surface area contributed by atoms with Gasteiger partial charge < -0.3 is 4.74 Å². The summed E-state index contributed by atoms with van der Waals surface area (Å²) in [5.41, 5.74) is 1.53. The van der Waals surface area contributed by atoms with Crippen molar-refractivity contribution in [2.45, 2.75) is 84.0 Å². The second kappa shape index (κ2) is 8.92. The summed E-state index contributed by atoms with van der Waals surface area (Å²) >= 11 is 0. The summed E-state index contributed by atoms with van der Waals surface area (Å²) in [6, 6.07) is 8.90. The lowest BCUT2D eigenvalue weighted by Gasteiger charge is -2.38. The second-order valence-electron chi connectivity index (χ2n) is 8.18. The van der Waals surface area contributed by atoms with Crippen LogP contribution >= 0.6 is 0 Å². The van der Waals surface area contributed by atoms with Gasteiger partial charge in [-0.25, -0.2) is 0 Å². The molecule has 2 aliphatic rings. The third-order valence-electron chi connectivity index (χ3n) is 6.69. The molecule has 0 saturated heterocycles. The highest BCUT2D eigenvalue weighted by molar-refractivity contribution is 5.29. The molecular weight excluding hydrogens is 292 g/mol. The standard InChI is InChI=1S/C23H36O/c1-3-5-18-6-8-19(9-7-18)20-10-12-21(13-11-20)22-14-16-23(17-15-22)24-4-2/h14-21H,3-13H2,1-2H3. The minimum atomic E-state index is 0.755. The largest absolute Gasteiger partial charge is 0.494 e. The third kappa shape index (κ3) is 4.55. The molecule has 0 aromatic heterocycles. The van der Waals surface area contributed by atoms with E-state index < -0.39 is 0 Å². The maximum Gasteiger partial charge on any atom is 0.119 e. The number of benzene rings is 1. The molecule has 3 rings (SSSR count). The molecule has 0 bridgehead atoms. The zero-order valence-corrected chi connectivity index (χ0v) is 15.8. The first-order chi connectivity index (χ1) is 11.8. The minimum Gasteiger partial charge on any atom is -0.494 e. The lowest BCUT2D eigenvalue weighted by Crippen LogP contribution is -2.25. The van der Waals surface area contributed by atoms with Crippen LogP contribution in [0.4, 0.5) is 0 Å².